The summed E-state index contributed by atoms with van der Waals surface area (Å²) in [7, 11) is 0. The van der Waals surface area contributed by atoms with Crippen molar-refractivity contribution >= 4 is 227 Å². The third-order valence-corrected chi connectivity index (χ3v) is 28.5. The summed E-state index contributed by atoms with van der Waals surface area (Å²) in [6.45, 7) is 0. The van der Waals surface area contributed by atoms with E-state index in [1.807, 2.05) is 52.2 Å². The number of nitrogens with zero attached hydrogens (tertiary/aromatic N) is 3. The van der Waals surface area contributed by atoms with E-state index < -0.39 is 0 Å². The second-order valence-electron chi connectivity index (χ2n) is 32.4. The van der Waals surface area contributed by atoms with Crippen molar-refractivity contribution in [3.8, 4) is 50.2 Å². The van der Waals surface area contributed by atoms with Crippen molar-refractivity contribution in [2.75, 3.05) is 9.80 Å². The molecule has 27 aromatic rings. The van der Waals surface area contributed by atoms with Gasteiger partial charge in [0.15, 0.2) is 0 Å². The minimum Gasteiger partial charge on any atom is -0.455 e. The van der Waals surface area contributed by atoms with Crippen LogP contribution in [0, 0.1) is 0 Å². The van der Waals surface area contributed by atoms with Crippen LogP contribution in [-0.4, -0.2) is 4.57 Å². The molecule has 0 bridgehead atoms. The molecule has 0 radical (unpaired) electrons. The number of fused-ring (bicyclic) bond motifs is 25. The number of hydrogen-bond donors (Lipinski definition) is 0. The quantitative estimate of drug-likeness (QED) is 0.129. The van der Waals surface area contributed by atoms with Gasteiger partial charge in [0.05, 0.1) is 22.4 Å². The van der Waals surface area contributed by atoms with Crippen molar-refractivity contribution in [2.45, 2.75) is 0 Å². The Balaban J connectivity index is 0.000000104. The standard InChI is InChI=1S/C42H25NOS.C40H25NOS.C36H23NOS/c1-3-10-26(11-4-1)28-18-21-34-32(24-28)33-25-29(27-12-5-2-6-13-27)19-22-35(33)43(34)36-15-9-17-38-40(36)41-39(45-38)23-20-31-30-14-7-8-16-37(30)44-42(31)41;1-2-12-28(13-3-1)41(34-17-8-11-26-10-4-5-14-30(26)34)29-22-20-27(21-23-29)31-16-9-19-36-38(31)39-37(43-36)25-24-33-32-15-6-7-18-35(32)42-40(33)39;1-3-10-25(11-4-1)37(26-12-5-2-6-13-26)27-20-18-24(19-21-27)28-15-9-17-32-34(28)35-33(39-32)23-22-30-29-14-7-8-16-31(29)38-36(30)35/h1-25H;1-25H;1-23H. The lowest BCUT2D eigenvalue weighted by atomic mass is 9.98. The molecule has 0 aliphatic heterocycles. The topological polar surface area (TPSA) is 50.8 Å². The second-order valence-corrected chi connectivity index (χ2v) is 35.6. The zero-order valence-corrected chi connectivity index (χ0v) is 70.9. The lowest BCUT2D eigenvalue weighted by Gasteiger charge is -2.27. The van der Waals surface area contributed by atoms with Gasteiger partial charge < -0.3 is 27.6 Å². The summed E-state index contributed by atoms with van der Waals surface area (Å²) in [5.74, 6) is 0. The van der Waals surface area contributed by atoms with Gasteiger partial charge in [-0.05, 0) is 220 Å². The molecule has 0 fully saturated rings. The molecular formula is C118H73N3O3S3. The average molecular weight is 1680 g/mol. The van der Waals surface area contributed by atoms with Crippen molar-refractivity contribution in [1.29, 1.82) is 0 Å². The van der Waals surface area contributed by atoms with E-state index in [9.17, 15) is 0 Å². The van der Waals surface area contributed by atoms with Gasteiger partial charge in [0.1, 0.15) is 33.5 Å². The van der Waals surface area contributed by atoms with Crippen molar-refractivity contribution in [1.82, 2.24) is 4.57 Å². The fraction of sp³-hybridized carbons (Fsp3) is 0. The minimum atomic E-state index is 0.926. The largest absolute Gasteiger partial charge is 0.455 e. The molecule has 596 valence electrons. The number of para-hydroxylation sites is 6. The zero-order chi connectivity index (χ0) is 83.6. The molecule has 0 N–H and O–H groups in total. The highest BCUT2D eigenvalue weighted by molar-refractivity contribution is 7.27. The third-order valence-electron chi connectivity index (χ3n) is 25.1. The smallest absolute Gasteiger partial charge is 0.144 e. The van der Waals surface area contributed by atoms with E-state index in [0.717, 1.165) is 89.2 Å². The van der Waals surface area contributed by atoms with Crippen LogP contribution < -0.4 is 9.80 Å². The van der Waals surface area contributed by atoms with Crippen molar-refractivity contribution in [3.63, 3.8) is 0 Å². The maximum Gasteiger partial charge on any atom is 0.144 e. The lowest BCUT2D eigenvalue weighted by Crippen LogP contribution is -2.10. The van der Waals surface area contributed by atoms with Crippen LogP contribution in [0.3, 0.4) is 0 Å². The van der Waals surface area contributed by atoms with E-state index in [1.54, 1.807) is 0 Å². The van der Waals surface area contributed by atoms with Crippen molar-refractivity contribution in [2.24, 2.45) is 0 Å². The van der Waals surface area contributed by atoms with Crippen LogP contribution in [-0.2, 0) is 0 Å². The summed E-state index contributed by atoms with van der Waals surface area (Å²) in [5.41, 5.74) is 25.8. The minimum absolute atomic E-state index is 0.926. The fourth-order valence-electron chi connectivity index (χ4n) is 19.4. The highest BCUT2D eigenvalue weighted by Gasteiger charge is 2.26. The van der Waals surface area contributed by atoms with Crippen LogP contribution in [0.4, 0.5) is 34.1 Å². The number of hydrogen-bond acceptors (Lipinski definition) is 8. The van der Waals surface area contributed by atoms with Gasteiger partial charge in [-0.3, -0.25) is 0 Å². The van der Waals surface area contributed by atoms with Gasteiger partial charge in [-0.25, -0.2) is 0 Å². The predicted octanol–water partition coefficient (Wildman–Crippen LogP) is 35.7. The highest BCUT2D eigenvalue weighted by Crippen LogP contribution is 2.52. The van der Waals surface area contributed by atoms with Crippen molar-refractivity contribution in [3.05, 3.63) is 443 Å². The molecule has 6 nitrogen and oxygen atoms in total. The molecule has 7 heterocycles. The van der Waals surface area contributed by atoms with Crippen LogP contribution in [0.2, 0.25) is 0 Å². The molecule has 0 saturated carbocycles. The van der Waals surface area contributed by atoms with E-state index in [2.05, 4.69) is 439 Å². The average Bonchev–Trinajstić information content (AvgIpc) is 1.56. The summed E-state index contributed by atoms with van der Waals surface area (Å²) in [6, 6.07) is 158. The Morgan fingerprint density at radius 1 is 0.197 bits per heavy atom. The summed E-state index contributed by atoms with van der Waals surface area (Å²) < 4.78 is 29.6. The summed E-state index contributed by atoms with van der Waals surface area (Å²) >= 11 is 5.50. The molecule has 0 spiro atoms. The van der Waals surface area contributed by atoms with Gasteiger partial charge in [-0.15, -0.1) is 34.0 Å². The number of benzene rings is 20. The maximum atomic E-state index is 6.61. The molecule has 127 heavy (non-hydrogen) atoms. The van der Waals surface area contributed by atoms with E-state index in [4.69, 9.17) is 13.3 Å². The first kappa shape index (κ1) is 73.8. The molecular weight excluding hydrogens is 1600 g/mol. The maximum absolute atomic E-state index is 6.61. The Hall–Kier alpha value is -15.9. The van der Waals surface area contributed by atoms with Gasteiger partial charge in [-0.2, -0.15) is 0 Å². The number of aromatic nitrogens is 1. The highest BCUT2D eigenvalue weighted by atomic mass is 32.1. The normalized spacial score (nSPS) is 11.8. The van der Waals surface area contributed by atoms with Crippen LogP contribution >= 0.6 is 34.0 Å². The number of thiophene rings is 3. The molecule has 0 unspecified atom stereocenters. The zero-order valence-electron chi connectivity index (χ0n) is 68.4. The lowest BCUT2D eigenvalue weighted by molar-refractivity contribution is 0.672. The monoisotopic (exact) mass is 1680 g/mol. The van der Waals surface area contributed by atoms with E-state index in [0.29, 0.717) is 0 Å². The van der Waals surface area contributed by atoms with Gasteiger partial charge in [-0.1, -0.05) is 273 Å². The Morgan fingerprint density at radius 2 is 0.528 bits per heavy atom. The molecule has 0 amide bonds. The Morgan fingerprint density at radius 3 is 0.976 bits per heavy atom. The third kappa shape index (κ3) is 12.5. The SMILES string of the molecule is c1ccc(-c2ccc3c(c2)c2cc(-c4ccccc4)ccc2n3-c2cccc3sc4ccc5c6ccccc6oc5c4c23)cc1.c1ccc(N(c2ccc(-c3cccc4sc5ccc6c7ccccc7oc6c5c34)cc2)c2cccc3ccccc23)cc1.c1ccc(N(c2ccccc2)c2ccc(-c3cccc4sc5ccc6c7ccccc7oc6c5c34)cc2)cc1. The Bertz CT molecular complexity index is 8810. The molecule has 0 aliphatic rings. The first-order chi connectivity index (χ1) is 63.0. The Labute approximate surface area is 742 Å². The molecule has 7 aromatic heterocycles. The van der Waals surface area contributed by atoms with Crippen LogP contribution in [0.15, 0.2) is 456 Å². The van der Waals surface area contributed by atoms with Gasteiger partial charge in [0.2, 0.25) is 0 Å². The van der Waals surface area contributed by atoms with Gasteiger partial charge in [0, 0.05) is 137 Å². The number of rotatable bonds is 11. The fourth-order valence-corrected chi connectivity index (χ4v) is 22.8. The second kappa shape index (κ2) is 30.6. The first-order valence-corrected chi connectivity index (χ1v) is 45.4. The molecule has 20 aromatic carbocycles. The van der Waals surface area contributed by atoms with Crippen molar-refractivity contribution < 1.29 is 13.3 Å². The van der Waals surface area contributed by atoms with E-state index in [-0.39, 0.29) is 0 Å². The molecule has 0 saturated heterocycles. The molecule has 0 aliphatic carbocycles. The van der Waals surface area contributed by atoms with Gasteiger partial charge in [0.25, 0.3) is 0 Å². The predicted molar refractivity (Wildman–Crippen MR) is 543 cm³/mol. The van der Waals surface area contributed by atoms with E-state index >= 15 is 0 Å². The molecule has 0 atom stereocenters. The first-order valence-electron chi connectivity index (χ1n) is 42.9. The molecule has 9 heteroatoms. The van der Waals surface area contributed by atoms with Crippen LogP contribution in [0.25, 0.3) is 209 Å². The van der Waals surface area contributed by atoms with Crippen LogP contribution in [0.1, 0.15) is 0 Å². The van der Waals surface area contributed by atoms with Crippen LogP contribution in [0.5, 0.6) is 0 Å². The number of furan rings is 3. The Kier molecular flexibility index (Phi) is 17.8. The number of anilines is 6. The molecule has 27 rings (SSSR count). The summed E-state index contributed by atoms with van der Waals surface area (Å²) in [4.78, 5) is 4.65. The van der Waals surface area contributed by atoms with Gasteiger partial charge >= 0.3 is 0 Å². The summed E-state index contributed by atoms with van der Waals surface area (Å²) in [6.07, 6.45) is 0. The summed E-state index contributed by atoms with van der Waals surface area (Å²) in [5, 5.41) is 19.3. The van der Waals surface area contributed by atoms with E-state index in [1.165, 1.54) is 154 Å².